The Bertz CT molecular complexity index is 1520. The van der Waals surface area contributed by atoms with Gasteiger partial charge in [0.1, 0.15) is 11.6 Å². The van der Waals surface area contributed by atoms with Crippen LogP contribution in [0.3, 0.4) is 0 Å². The molecule has 0 amide bonds. The van der Waals surface area contributed by atoms with Crippen LogP contribution in [0.15, 0.2) is 91.4 Å². The first-order chi connectivity index (χ1) is 18.2. The van der Waals surface area contributed by atoms with Crippen molar-refractivity contribution in [1.82, 2.24) is 19.3 Å². The van der Waals surface area contributed by atoms with Crippen LogP contribution in [0.5, 0.6) is 17.2 Å². The molecule has 3 aromatic carbocycles. The average molecular weight is 495 g/mol. The van der Waals surface area contributed by atoms with Crippen LogP contribution < -0.4 is 9.47 Å². The van der Waals surface area contributed by atoms with Crippen LogP contribution in [-0.4, -0.2) is 32.9 Å². The number of halogens is 1. The number of likely N-dealkylation sites (tertiary alicyclic amines) is 1. The molecule has 7 heteroatoms. The van der Waals surface area contributed by atoms with Gasteiger partial charge < -0.3 is 9.47 Å². The zero-order valence-electron chi connectivity index (χ0n) is 20.5. The zero-order valence-corrected chi connectivity index (χ0v) is 20.5. The number of rotatable bonds is 7. The number of imidazole rings is 1. The van der Waals surface area contributed by atoms with Crippen molar-refractivity contribution in [1.29, 1.82) is 0 Å². The monoisotopic (exact) mass is 494 g/mol. The lowest BCUT2D eigenvalue weighted by Crippen LogP contribution is -2.24. The maximum Gasteiger partial charge on any atom is 0.207 e. The third-order valence-electron chi connectivity index (χ3n) is 6.87. The van der Waals surface area contributed by atoms with E-state index in [-0.39, 0.29) is 17.5 Å². The number of hydrogen-bond acceptors (Lipinski definition) is 5. The Kier molecular flexibility index (Phi) is 6.28. The fourth-order valence-electron chi connectivity index (χ4n) is 5.07. The van der Waals surface area contributed by atoms with Gasteiger partial charge in [-0.05, 0) is 61.3 Å². The van der Waals surface area contributed by atoms with Gasteiger partial charge in [-0.2, -0.15) is 4.39 Å². The van der Waals surface area contributed by atoms with Gasteiger partial charge in [-0.3, -0.25) is 14.3 Å². The first-order valence-corrected chi connectivity index (χ1v) is 12.4. The smallest absolute Gasteiger partial charge is 0.207 e. The molecule has 0 aliphatic carbocycles. The van der Waals surface area contributed by atoms with Crippen molar-refractivity contribution in [3.05, 3.63) is 109 Å². The van der Waals surface area contributed by atoms with E-state index in [0.29, 0.717) is 5.75 Å². The van der Waals surface area contributed by atoms with Crippen LogP contribution in [0.2, 0.25) is 0 Å². The van der Waals surface area contributed by atoms with Crippen LogP contribution >= 0.6 is 0 Å². The standard InChI is InChI=1S/C30H27FN4O2/c1-36-26-10-5-11-27(28(26)31)37-23-14-12-22(13-15-23)29-25-19-32-16-18-35(25)30(33-29)24-9-6-17-34(24)20-21-7-3-2-4-8-21/h2-5,7-8,10-16,18-19,24H,6,9,17,20H2,1H3/t24-/m0/s1. The van der Waals surface area contributed by atoms with Crippen LogP contribution in [0.4, 0.5) is 4.39 Å². The molecular formula is C30H27FN4O2. The predicted octanol–water partition coefficient (Wildman–Crippen LogP) is 6.67. The lowest BCUT2D eigenvalue weighted by Gasteiger charge is -2.23. The number of nitrogens with zero attached hydrogens (tertiary/aromatic N) is 4. The summed E-state index contributed by atoms with van der Waals surface area (Å²) in [6.45, 7) is 1.94. The van der Waals surface area contributed by atoms with Crippen molar-refractivity contribution in [2.75, 3.05) is 13.7 Å². The number of fused-ring (bicyclic) bond motifs is 1. The lowest BCUT2D eigenvalue weighted by atomic mass is 10.1. The summed E-state index contributed by atoms with van der Waals surface area (Å²) in [6.07, 6.45) is 7.85. The van der Waals surface area contributed by atoms with Crippen LogP contribution in [0.25, 0.3) is 16.8 Å². The van der Waals surface area contributed by atoms with E-state index in [1.165, 1.54) is 12.7 Å². The van der Waals surface area contributed by atoms with E-state index in [2.05, 4.69) is 44.6 Å². The Hall–Kier alpha value is -4.23. The number of ether oxygens (including phenoxy) is 2. The Morgan fingerprint density at radius 1 is 0.973 bits per heavy atom. The number of methoxy groups -OCH3 is 1. The van der Waals surface area contributed by atoms with E-state index < -0.39 is 5.82 Å². The molecule has 0 unspecified atom stereocenters. The third-order valence-corrected chi connectivity index (χ3v) is 6.87. The summed E-state index contributed by atoms with van der Waals surface area (Å²) >= 11 is 0. The summed E-state index contributed by atoms with van der Waals surface area (Å²) < 4.78 is 27.5. The largest absolute Gasteiger partial charge is 0.494 e. The van der Waals surface area contributed by atoms with Crippen LogP contribution in [0, 0.1) is 5.82 Å². The Labute approximate surface area is 214 Å². The summed E-state index contributed by atoms with van der Waals surface area (Å²) in [7, 11) is 1.43. The van der Waals surface area contributed by atoms with Gasteiger partial charge >= 0.3 is 0 Å². The number of hydrogen-bond donors (Lipinski definition) is 0. The van der Waals surface area contributed by atoms with Crippen LogP contribution in [-0.2, 0) is 6.54 Å². The topological polar surface area (TPSA) is 51.9 Å². The maximum atomic E-state index is 14.5. The Morgan fingerprint density at radius 3 is 2.59 bits per heavy atom. The third kappa shape index (κ3) is 4.54. The molecular weight excluding hydrogens is 467 g/mol. The molecule has 1 saturated heterocycles. The van der Waals surface area contributed by atoms with Crippen molar-refractivity contribution in [3.63, 3.8) is 0 Å². The van der Waals surface area contributed by atoms with Crippen molar-refractivity contribution in [2.24, 2.45) is 0 Å². The van der Waals surface area contributed by atoms with Gasteiger partial charge in [0.25, 0.3) is 0 Å². The second kappa shape index (κ2) is 10.0. The molecule has 1 fully saturated rings. The lowest BCUT2D eigenvalue weighted by molar-refractivity contribution is 0.239. The molecule has 0 N–H and O–H groups in total. The summed E-state index contributed by atoms with van der Waals surface area (Å²) in [5.41, 5.74) is 4.08. The van der Waals surface area contributed by atoms with Gasteiger partial charge in [-0.25, -0.2) is 4.98 Å². The molecule has 2 aromatic heterocycles. The first kappa shape index (κ1) is 23.2. The molecule has 1 aliphatic heterocycles. The average Bonchev–Trinajstić information content (AvgIpc) is 3.55. The Balaban J connectivity index is 1.30. The normalized spacial score (nSPS) is 15.8. The molecule has 1 atom stereocenters. The molecule has 0 bridgehead atoms. The molecule has 0 saturated carbocycles. The zero-order chi connectivity index (χ0) is 25.2. The van der Waals surface area contributed by atoms with E-state index in [0.717, 1.165) is 48.5 Å². The molecule has 37 heavy (non-hydrogen) atoms. The molecule has 6 rings (SSSR count). The van der Waals surface area contributed by atoms with Gasteiger partial charge in [0.2, 0.25) is 5.82 Å². The van der Waals surface area contributed by atoms with Gasteiger partial charge in [0.15, 0.2) is 11.5 Å². The summed E-state index contributed by atoms with van der Waals surface area (Å²) in [6, 6.07) is 23.2. The fraction of sp³-hybridized carbons (Fsp3) is 0.200. The first-order valence-electron chi connectivity index (χ1n) is 12.4. The molecule has 0 spiro atoms. The minimum Gasteiger partial charge on any atom is -0.494 e. The fourth-order valence-corrected chi connectivity index (χ4v) is 5.07. The Morgan fingerprint density at radius 2 is 1.78 bits per heavy atom. The van der Waals surface area contributed by atoms with Crippen molar-refractivity contribution < 1.29 is 13.9 Å². The van der Waals surface area contributed by atoms with Gasteiger partial charge in [-0.15, -0.1) is 0 Å². The summed E-state index contributed by atoms with van der Waals surface area (Å²) in [5.74, 6) is 1.29. The number of benzene rings is 3. The molecule has 186 valence electrons. The molecule has 5 aromatic rings. The van der Waals surface area contributed by atoms with Crippen molar-refractivity contribution in [3.8, 4) is 28.5 Å². The van der Waals surface area contributed by atoms with Crippen molar-refractivity contribution in [2.45, 2.75) is 25.4 Å². The SMILES string of the molecule is COc1cccc(Oc2ccc(-c3nc([C@@H]4CCCN4Cc4ccccc4)n4ccncc34)cc2)c1F. The van der Waals surface area contributed by atoms with E-state index in [1.807, 2.05) is 36.7 Å². The summed E-state index contributed by atoms with van der Waals surface area (Å²) in [5, 5.41) is 0. The highest BCUT2D eigenvalue weighted by molar-refractivity contribution is 5.77. The minimum absolute atomic E-state index is 0.116. The maximum absolute atomic E-state index is 14.5. The van der Waals surface area contributed by atoms with Crippen LogP contribution in [0.1, 0.15) is 30.3 Å². The molecule has 6 nitrogen and oxygen atoms in total. The second-order valence-corrected chi connectivity index (χ2v) is 9.16. The highest BCUT2D eigenvalue weighted by Crippen LogP contribution is 2.37. The second-order valence-electron chi connectivity index (χ2n) is 9.16. The van der Waals surface area contributed by atoms with E-state index in [4.69, 9.17) is 14.5 Å². The minimum atomic E-state index is -0.526. The van der Waals surface area contributed by atoms with Crippen molar-refractivity contribution >= 4 is 5.52 Å². The highest BCUT2D eigenvalue weighted by atomic mass is 19.1. The van der Waals surface area contributed by atoms with Gasteiger partial charge in [0.05, 0.1) is 30.6 Å². The van der Waals surface area contributed by atoms with E-state index >= 15 is 0 Å². The van der Waals surface area contributed by atoms with Gasteiger partial charge in [0, 0.05) is 24.5 Å². The van der Waals surface area contributed by atoms with Gasteiger partial charge in [-0.1, -0.05) is 36.4 Å². The molecule has 0 radical (unpaired) electrons. The quantitative estimate of drug-likeness (QED) is 0.253. The van der Waals surface area contributed by atoms with E-state index in [1.54, 1.807) is 24.4 Å². The molecule has 3 heterocycles. The number of aromatic nitrogens is 3. The highest BCUT2D eigenvalue weighted by Gasteiger charge is 2.30. The van der Waals surface area contributed by atoms with E-state index in [9.17, 15) is 4.39 Å². The molecule has 1 aliphatic rings. The summed E-state index contributed by atoms with van der Waals surface area (Å²) in [4.78, 5) is 12.0. The predicted molar refractivity (Wildman–Crippen MR) is 140 cm³/mol.